The van der Waals surface area contributed by atoms with Crippen molar-refractivity contribution in [2.75, 3.05) is 32.8 Å². The van der Waals surface area contributed by atoms with E-state index in [4.69, 9.17) is 4.74 Å². The highest BCUT2D eigenvalue weighted by Gasteiger charge is 2.29. The number of hydrogen-bond donors (Lipinski definition) is 2. The highest BCUT2D eigenvalue weighted by molar-refractivity contribution is 7.09. The maximum Gasteiger partial charge on any atom is 0.239 e. The number of nitrogens with one attached hydrogen (secondary N) is 2. The van der Waals surface area contributed by atoms with Crippen LogP contribution in [0.4, 0.5) is 0 Å². The fourth-order valence-corrected chi connectivity index (χ4v) is 4.10. The molecular weight excluding hydrogens is 310 g/mol. The predicted octanol–water partition coefficient (Wildman–Crippen LogP) is 1.45. The maximum absolute atomic E-state index is 12.3. The van der Waals surface area contributed by atoms with E-state index in [1.165, 1.54) is 4.88 Å². The summed E-state index contributed by atoms with van der Waals surface area (Å²) in [7, 11) is 0. The second-order valence-electron chi connectivity index (χ2n) is 6.55. The number of thiophene rings is 1. The first-order valence-electron chi connectivity index (χ1n) is 8.60. The van der Waals surface area contributed by atoms with Gasteiger partial charge < -0.3 is 15.4 Å². The van der Waals surface area contributed by atoms with Crippen molar-refractivity contribution >= 4 is 17.2 Å². The SMILES string of the molecule is C[C@H]1OCCN[C@@H]1C(=O)NCC1CCN(Cc2cccs2)CC1. The zero-order valence-electron chi connectivity index (χ0n) is 13.8. The van der Waals surface area contributed by atoms with Gasteiger partial charge in [0.15, 0.2) is 0 Å². The molecule has 0 spiro atoms. The molecule has 1 aromatic heterocycles. The minimum Gasteiger partial charge on any atom is -0.375 e. The minimum absolute atomic E-state index is 0.0450. The van der Waals surface area contributed by atoms with E-state index in [0.717, 1.165) is 45.6 Å². The Morgan fingerprint density at radius 1 is 1.48 bits per heavy atom. The first-order valence-corrected chi connectivity index (χ1v) is 9.48. The minimum atomic E-state index is -0.206. The van der Waals surface area contributed by atoms with Crippen LogP contribution < -0.4 is 10.6 Å². The third kappa shape index (κ3) is 4.76. The summed E-state index contributed by atoms with van der Waals surface area (Å²) in [5.41, 5.74) is 0. The van der Waals surface area contributed by atoms with Crippen LogP contribution in [-0.4, -0.2) is 55.7 Å². The lowest BCUT2D eigenvalue weighted by atomic mass is 9.96. The Morgan fingerprint density at radius 3 is 3.00 bits per heavy atom. The van der Waals surface area contributed by atoms with Gasteiger partial charge in [0, 0.05) is 24.5 Å². The summed E-state index contributed by atoms with van der Waals surface area (Å²) in [6.45, 7) is 7.50. The third-order valence-electron chi connectivity index (χ3n) is 4.83. The third-order valence-corrected chi connectivity index (χ3v) is 5.69. The molecule has 1 aromatic rings. The van der Waals surface area contributed by atoms with Gasteiger partial charge >= 0.3 is 0 Å². The lowest BCUT2D eigenvalue weighted by Gasteiger charge is -2.33. The summed E-state index contributed by atoms with van der Waals surface area (Å²) in [5, 5.41) is 8.50. The van der Waals surface area contributed by atoms with Crippen LogP contribution in [0.3, 0.4) is 0 Å². The molecule has 2 aliphatic rings. The summed E-state index contributed by atoms with van der Waals surface area (Å²) in [6.07, 6.45) is 2.28. The zero-order valence-corrected chi connectivity index (χ0v) is 14.6. The van der Waals surface area contributed by atoms with Crippen molar-refractivity contribution in [3.63, 3.8) is 0 Å². The molecule has 5 nitrogen and oxygen atoms in total. The Labute approximate surface area is 142 Å². The molecule has 0 unspecified atom stereocenters. The van der Waals surface area contributed by atoms with Gasteiger partial charge in [-0.2, -0.15) is 0 Å². The second kappa shape index (κ2) is 8.24. The Morgan fingerprint density at radius 2 is 2.30 bits per heavy atom. The summed E-state index contributed by atoms with van der Waals surface area (Å²) < 4.78 is 5.54. The first-order chi connectivity index (χ1) is 11.2. The number of hydrogen-bond acceptors (Lipinski definition) is 5. The lowest BCUT2D eigenvalue weighted by molar-refractivity contribution is -0.129. The van der Waals surface area contributed by atoms with Crippen LogP contribution in [0.5, 0.6) is 0 Å². The van der Waals surface area contributed by atoms with Crippen molar-refractivity contribution in [2.45, 2.75) is 38.5 Å². The predicted molar refractivity (Wildman–Crippen MR) is 92.5 cm³/mol. The van der Waals surface area contributed by atoms with Gasteiger partial charge in [0.1, 0.15) is 6.04 Å². The van der Waals surface area contributed by atoms with E-state index < -0.39 is 0 Å². The van der Waals surface area contributed by atoms with E-state index in [1.807, 2.05) is 18.3 Å². The van der Waals surface area contributed by atoms with Gasteiger partial charge in [0.2, 0.25) is 5.91 Å². The van der Waals surface area contributed by atoms with E-state index in [2.05, 4.69) is 33.0 Å². The molecule has 2 atom stereocenters. The molecule has 23 heavy (non-hydrogen) atoms. The molecule has 1 amide bonds. The van der Waals surface area contributed by atoms with E-state index in [9.17, 15) is 4.79 Å². The van der Waals surface area contributed by atoms with Crippen molar-refractivity contribution in [2.24, 2.45) is 5.92 Å². The van der Waals surface area contributed by atoms with Crippen LogP contribution >= 0.6 is 11.3 Å². The molecule has 2 aliphatic heterocycles. The van der Waals surface area contributed by atoms with Crippen LogP contribution in [0.2, 0.25) is 0 Å². The number of amides is 1. The van der Waals surface area contributed by atoms with Gasteiger partial charge in [-0.25, -0.2) is 0 Å². The number of ether oxygens (including phenoxy) is 1. The molecule has 0 aromatic carbocycles. The van der Waals surface area contributed by atoms with E-state index in [-0.39, 0.29) is 18.1 Å². The van der Waals surface area contributed by atoms with Crippen molar-refractivity contribution < 1.29 is 9.53 Å². The van der Waals surface area contributed by atoms with Crippen molar-refractivity contribution in [1.82, 2.24) is 15.5 Å². The number of rotatable bonds is 5. The Balaban J connectivity index is 1.36. The quantitative estimate of drug-likeness (QED) is 0.854. The van der Waals surface area contributed by atoms with Gasteiger partial charge in [-0.1, -0.05) is 6.07 Å². The van der Waals surface area contributed by atoms with Crippen LogP contribution in [0.15, 0.2) is 17.5 Å². The molecule has 6 heteroatoms. The van der Waals surface area contributed by atoms with Gasteiger partial charge in [0.25, 0.3) is 0 Å². The maximum atomic E-state index is 12.3. The molecule has 2 saturated heterocycles. The molecule has 2 fully saturated rings. The number of carbonyl (C=O) groups is 1. The van der Waals surface area contributed by atoms with Gasteiger partial charge in [-0.15, -0.1) is 11.3 Å². The number of morpholine rings is 1. The Kier molecular flexibility index (Phi) is 6.05. The fourth-order valence-electron chi connectivity index (χ4n) is 3.35. The lowest BCUT2D eigenvalue weighted by Crippen LogP contribution is -2.56. The van der Waals surface area contributed by atoms with Crippen molar-refractivity contribution in [3.8, 4) is 0 Å². The van der Waals surface area contributed by atoms with E-state index in [0.29, 0.717) is 12.5 Å². The number of piperidine rings is 1. The normalized spacial score (nSPS) is 27.0. The fraction of sp³-hybridized carbons (Fsp3) is 0.706. The Bertz CT molecular complexity index is 486. The highest BCUT2D eigenvalue weighted by atomic mass is 32.1. The van der Waals surface area contributed by atoms with Crippen LogP contribution in [0, 0.1) is 5.92 Å². The molecule has 0 aliphatic carbocycles. The average molecular weight is 337 g/mol. The molecule has 0 bridgehead atoms. The van der Waals surface area contributed by atoms with Crippen LogP contribution in [0.1, 0.15) is 24.6 Å². The van der Waals surface area contributed by atoms with E-state index in [1.54, 1.807) is 0 Å². The number of carbonyl (C=O) groups excluding carboxylic acids is 1. The summed E-state index contributed by atoms with van der Waals surface area (Å²) in [6, 6.07) is 4.12. The molecule has 3 rings (SSSR count). The monoisotopic (exact) mass is 337 g/mol. The largest absolute Gasteiger partial charge is 0.375 e. The molecular formula is C17H27N3O2S. The highest BCUT2D eigenvalue weighted by Crippen LogP contribution is 2.20. The number of nitrogens with zero attached hydrogens (tertiary/aromatic N) is 1. The first kappa shape index (κ1) is 16.9. The van der Waals surface area contributed by atoms with E-state index >= 15 is 0 Å². The Hall–Kier alpha value is -0.950. The summed E-state index contributed by atoms with van der Waals surface area (Å²) in [5.74, 6) is 0.677. The van der Waals surface area contributed by atoms with Crippen molar-refractivity contribution in [1.29, 1.82) is 0 Å². The summed E-state index contributed by atoms with van der Waals surface area (Å²) in [4.78, 5) is 16.2. The van der Waals surface area contributed by atoms with Crippen LogP contribution in [-0.2, 0) is 16.1 Å². The standard InChI is InChI=1S/C17H27N3O2S/c1-13-16(18-6-9-22-13)17(21)19-11-14-4-7-20(8-5-14)12-15-3-2-10-23-15/h2-3,10,13-14,16,18H,4-9,11-12H2,1H3,(H,19,21)/t13-,16+/m1/s1. The van der Waals surface area contributed by atoms with Crippen molar-refractivity contribution in [3.05, 3.63) is 22.4 Å². The second-order valence-corrected chi connectivity index (χ2v) is 7.58. The smallest absolute Gasteiger partial charge is 0.239 e. The molecule has 0 saturated carbocycles. The molecule has 2 N–H and O–H groups in total. The van der Waals surface area contributed by atoms with Gasteiger partial charge in [0.05, 0.1) is 12.7 Å². The zero-order chi connectivity index (χ0) is 16.1. The topological polar surface area (TPSA) is 53.6 Å². The molecule has 0 radical (unpaired) electrons. The van der Waals surface area contributed by atoms with Gasteiger partial charge in [-0.3, -0.25) is 9.69 Å². The molecule has 128 valence electrons. The van der Waals surface area contributed by atoms with Crippen LogP contribution in [0.25, 0.3) is 0 Å². The van der Waals surface area contributed by atoms with Gasteiger partial charge in [-0.05, 0) is 50.2 Å². The molecule has 3 heterocycles. The average Bonchev–Trinajstić information content (AvgIpc) is 3.07. The number of likely N-dealkylation sites (tertiary alicyclic amines) is 1. The summed E-state index contributed by atoms with van der Waals surface area (Å²) >= 11 is 1.83.